The van der Waals surface area contributed by atoms with Crippen LogP contribution in [-0.4, -0.2) is 21.1 Å². The molecule has 0 bridgehead atoms. The van der Waals surface area contributed by atoms with Gasteiger partial charge in [0.1, 0.15) is 0 Å². The predicted octanol–water partition coefficient (Wildman–Crippen LogP) is 1.54. The van der Waals surface area contributed by atoms with E-state index in [1.54, 1.807) is 0 Å². The molecule has 0 unspecified atom stereocenters. The Kier molecular flexibility index (Phi) is 3.19. The second-order valence-corrected chi connectivity index (χ2v) is 2.80. The Bertz CT molecular complexity index is 483. The molecule has 84 valence electrons. The molecule has 1 aromatic carbocycles. The highest BCUT2D eigenvalue weighted by molar-refractivity contribution is 5.85. The van der Waals surface area contributed by atoms with Gasteiger partial charge in [-0.2, -0.15) is 0 Å². The van der Waals surface area contributed by atoms with Crippen LogP contribution in [0, 0.1) is 15.9 Å². The fourth-order valence-electron chi connectivity index (χ4n) is 1.01. The topological polar surface area (TPSA) is 101 Å². The number of aromatic hydroxyl groups is 1. The Morgan fingerprint density at radius 1 is 1.50 bits per heavy atom. The highest BCUT2D eigenvalue weighted by Gasteiger charge is 2.18. The Hall–Kier alpha value is -2.44. The van der Waals surface area contributed by atoms with Crippen molar-refractivity contribution >= 4 is 17.7 Å². The zero-order valence-corrected chi connectivity index (χ0v) is 7.75. The maximum absolute atomic E-state index is 13.0. The molecule has 0 aliphatic rings. The largest absolute Gasteiger partial charge is 0.500 e. The van der Waals surface area contributed by atoms with Gasteiger partial charge in [-0.25, -0.2) is 9.18 Å². The quantitative estimate of drug-likeness (QED) is 0.463. The molecule has 0 atom stereocenters. The number of nitrogens with zero attached hydrogens (tertiary/aromatic N) is 1. The van der Waals surface area contributed by atoms with Gasteiger partial charge in [0.2, 0.25) is 5.75 Å². The third-order valence-electron chi connectivity index (χ3n) is 1.68. The summed E-state index contributed by atoms with van der Waals surface area (Å²) in [7, 11) is 0. The van der Waals surface area contributed by atoms with Gasteiger partial charge >= 0.3 is 11.7 Å². The van der Waals surface area contributed by atoms with E-state index in [4.69, 9.17) is 10.2 Å². The maximum Gasteiger partial charge on any atom is 0.328 e. The average Bonchev–Trinajstić information content (AvgIpc) is 2.19. The van der Waals surface area contributed by atoms with E-state index in [2.05, 4.69) is 0 Å². The van der Waals surface area contributed by atoms with Crippen LogP contribution in [0.2, 0.25) is 0 Å². The van der Waals surface area contributed by atoms with Crippen molar-refractivity contribution in [2.45, 2.75) is 0 Å². The van der Waals surface area contributed by atoms with Crippen LogP contribution in [0.5, 0.6) is 5.75 Å². The van der Waals surface area contributed by atoms with E-state index in [1.807, 2.05) is 0 Å². The van der Waals surface area contributed by atoms with Gasteiger partial charge in [-0.1, -0.05) is 0 Å². The highest BCUT2D eigenvalue weighted by Crippen LogP contribution is 2.30. The number of carboxylic acid groups (broad SMARTS) is 1. The van der Waals surface area contributed by atoms with Crippen molar-refractivity contribution in [2.24, 2.45) is 0 Å². The van der Waals surface area contributed by atoms with Gasteiger partial charge in [-0.15, -0.1) is 0 Å². The van der Waals surface area contributed by atoms with Gasteiger partial charge in [-0.3, -0.25) is 10.1 Å². The number of phenols is 1. The molecular weight excluding hydrogens is 221 g/mol. The smallest absolute Gasteiger partial charge is 0.328 e. The van der Waals surface area contributed by atoms with E-state index in [9.17, 15) is 19.3 Å². The van der Waals surface area contributed by atoms with Crippen molar-refractivity contribution in [3.63, 3.8) is 0 Å². The number of nitro groups is 1. The molecule has 16 heavy (non-hydrogen) atoms. The third kappa shape index (κ3) is 2.53. The van der Waals surface area contributed by atoms with Crippen molar-refractivity contribution < 1.29 is 24.3 Å². The molecule has 0 heterocycles. The lowest BCUT2D eigenvalue weighted by Crippen LogP contribution is -1.92. The first-order chi connectivity index (χ1) is 7.41. The van der Waals surface area contributed by atoms with Crippen LogP contribution < -0.4 is 0 Å². The van der Waals surface area contributed by atoms with Crippen LogP contribution in [0.25, 0.3) is 6.08 Å². The molecule has 0 fully saturated rings. The van der Waals surface area contributed by atoms with Crippen LogP contribution in [0.4, 0.5) is 10.1 Å². The number of halogens is 1. The minimum absolute atomic E-state index is 0.0237. The van der Waals surface area contributed by atoms with E-state index in [0.717, 1.165) is 18.2 Å². The summed E-state index contributed by atoms with van der Waals surface area (Å²) in [5.74, 6) is -3.52. The summed E-state index contributed by atoms with van der Waals surface area (Å²) in [6.45, 7) is 0. The Morgan fingerprint density at radius 2 is 2.12 bits per heavy atom. The van der Waals surface area contributed by atoms with E-state index < -0.39 is 28.1 Å². The van der Waals surface area contributed by atoms with Crippen LogP contribution in [-0.2, 0) is 4.79 Å². The second kappa shape index (κ2) is 4.39. The number of rotatable bonds is 3. The average molecular weight is 227 g/mol. The number of nitro benzene ring substituents is 1. The van der Waals surface area contributed by atoms with Crippen molar-refractivity contribution in [2.75, 3.05) is 0 Å². The van der Waals surface area contributed by atoms with Gasteiger partial charge in [0.25, 0.3) is 0 Å². The molecule has 0 saturated heterocycles. The molecule has 0 saturated carbocycles. The minimum Gasteiger partial charge on any atom is -0.500 e. The summed E-state index contributed by atoms with van der Waals surface area (Å²) >= 11 is 0. The van der Waals surface area contributed by atoms with E-state index >= 15 is 0 Å². The molecule has 6 nitrogen and oxygen atoms in total. The number of hydrogen-bond acceptors (Lipinski definition) is 4. The van der Waals surface area contributed by atoms with Gasteiger partial charge in [0.15, 0.2) is 5.82 Å². The SMILES string of the molecule is O=C(O)C=Cc1cc(F)c(O)c([N+](=O)[O-])c1. The Morgan fingerprint density at radius 3 is 2.62 bits per heavy atom. The van der Waals surface area contributed by atoms with Crippen LogP contribution in [0.15, 0.2) is 18.2 Å². The molecule has 1 rings (SSSR count). The van der Waals surface area contributed by atoms with Gasteiger partial charge in [0.05, 0.1) is 4.92 Å². The van der Waals surface area contributed by atoms with E-state index in [1.165, 1.54) is 0 Å². The predicted molar refractivity (Wildman–Crippen MR) is 51.4 cm³/mol. The van der Waals surface area contributed by atoms with E-state index in [-0.39, 0.29) is 5.56 Å². The zero-order chi connectivity index (χ0) is 12.3. The summed E-state index contributed by atoms with van der Waals surface area (Å²) in [5.41, 5.74) is -0.838. The van der Waals surface area contributed by atoms with Crippen LogP contribution in [0.1, 0.15) is 5.56 Å². The van der Waals surface area contributed by atoms with Crippen molar-refractivity contribution in [1.29, 1.82) is 0 Å². The minimum atomic E-state index is -1.27. The second-order valence-electron chi connectivity index (χ2n) is 2.80. The van der Waals surface area contributed by atoms with Gasteiger partial charge < -0.3 is 10.2 Å². The lowest BCUT2D eigenvalue weighted by molar-refractivity contribution is -0.386. The summed E-state index contributed by atoms with van der Waals surface area (Å²) in [6.07, 6.45) is 1.69. The molecule has 0 aromatic heterocycles. The molecule has 0 radical (unpaired) electrons. The van der Waals surface area contributed by atoms with E-state index in [0.29, 0.717) is 6.08 Å². The lowest BCUT2D eigenvalue weighted by atomic mass is 10.1. The monoisotopic (exact) mass is 227 g/mol. The number of benzene rings is 1. The first-order valence-electron chi connectivity index (χ1n) is 3.99. The lowest BCUT2D eigenvalue weighted by Gasteiger charge is -1.99. The van der Waals surface area contributed by atoms with Crippen molar-refractivity contribution in [1.82, 2.24) is 0 Å². The fraction of sp³-hybridized carbons (Fsp3) is 0. The molecule has 0 spiro atoms. The molecular formula is C9H6FNO5. The third-order valence-corrected chi connectivity index (χ3v) is 1.68. The molecule has 0 amide bonds. The first-order valence-corrected chi connectivity index (χ1v) is 3.99. The van der Waals surface area contributed by atoms with Crippen molar-refractivity contribution in [3.05, 3.63) is 39.7 Å². The van der Waals surface area contributed by atoms with Gasteiger partial charge in [-0.05, 0) is 17.7 Å². The molecule has 0 aliphatic carbocycles. The Balaban J connectivity index is 3.24. The number of hydrogen-bond donors (Lipinski definition) is 2. The summed E-state index contributed by atoms with van der Waals surface area (Å²) in [5, 5.41) is 27.7. The first kappa shape index (κ1) is 11.6. The zero-order valence-electron chi connectivity index (χ0n) is 7.75. The maximum atomic E-state index is 13.0. The molecule has 2 N–H and O–H groups in total. The molecule has 1 aromatic rings. The normalized spacial score (nSPS) is 10.6. The highest BCUT2D eigenvalue weighted by atomic mass is 19.1. The standard InChI is InChI=1S/C9H6FNO5/c10-6-3-5(1-2-8(12)13)4-7(9(6)14)11(15)16/h1-4,14H,(H,12,13). The van der Waals surface area contributed by atoms with Crippen LogP contribution in [0.3, 0.4) is 0 Å². The molecule has 0 aliphatic heterocycles. The Labute approximate surface area is 88.4 Å². The molecule has 7 heteroatoms. The number of carboxylic acids is 1. The summed E-state index contributed by atoms with van der Waals surface area (Å²) < 4.78 is 13.0. The van der Waals surface area contributed by atoms with Crippen LogP contribution >= 0.6 is 0 Å². The number of carbonyl (C=O) groups is 1. The van der Waals surface area contributed by atoms with Crippen molar-refractivity contribution in [3.8, 4) is 5.75 Å². The number of phenolic OH excluding ortho intramolecular Hbond substituents is 1. The van der Waals surface area contributed by atoms with Gasteiger partial charge in [0, 0.05) is 12.1 Å². The fourth-order valence-corrected chi connectivity index (χ4v) is 1.01. The summed E-state index contributed by atoms with van der Waals surface area (Å²) in [4.78, 5) is 19.6. The summed E-state index contributed by atoms with van der Waals surface area (Å²) in [6, 6.07) is 1.67. The number of aliphatic carboxylic acids is 1.